The highest BCUT2D eigenvalue weighted by atomic mass is 16.2. The highest BCUT2D eigenvalue weighted by molar-refractivity contribution is 5.86. The third kappa shape index (κ3) is 20.2. The number of carbonyl (C=O) groups is 2. The SMILES string of the molecule is CCCCCCCCCCCCC(NC(=O)CCCCCCCCCCC)C(N)=O. The summed E-state index contributed by atoms with van der Waals surface area (Å²) in [5.41, 5.74) is 5.50. The van der Waals surface area contributed by atoms with E-state index >= 15 is 0 Å². The number of hydrogen-bond donors (Lipinski definition) is 2. The Morgan fingerprint density at radius 3 is 1.37 bits per heavy atom. The number of nitrogens with two attached hydrogens (primary N) is 1. The minimum Gasteiger partial charge on any atom is -0.368 e. The summed E-state index contributed by atoms with van der Waals surface area (Å²) in [5.74, 6) is -0.417. The summed E-state index contributed by atoms with van der Waals surface area (Å²) in [5, 5.41) is 2.86. The summed E-state index contributed by atoms with van der Waals surface area (Å²) in [6, 6.07) is -0.495. The van der Waals surface area contributed by atoms with Crippen LogP contribution in [-0.4, -0.2) is 17.9 Å². The van der Waals surface area contributed by atoms with Crippen molar-refractivity contribution in [3.8, 4) is 0 Å². The molecule has 0 bridgehead atoms. The predicted molar refractivity (Wildman–Crippen MR) is 129 cm³/mol. The largest absolute Gasteiger partial charge is 0.368 e. The summed E-state index contributed by atoms with van der Waals surface area (Å²) in [4.78, 5) is 23.8. The molecule has 4 nitrogen and oxygen atoms in total. The zero-order chi connectivity index (χ0) is 22.3. The Bertz CT molecular complexity index is 398. The first-order valence-corrected chi connectivity index (χ1v) is 13.2. The van der Waals surface area contributed by atoms with E-state index in [1.54, 1.807) is 0 Å². The molecule has 0 saturated heterocycles. The van der Waals surface area contributed by atoms with Crippen LogP contribution in [0, 0.1) is 0 Å². The lowest BCUT2D eigenvalue weighted by atomic mass is 10.0. The van der Waals surface area contributed by atoms with Crippen molar-refractivity contribution in [3.63, 3.8) is 0 Å². The van der Waals surface area contributed by atoms with Gasteiger partial charge in [-0.2, -0.15) is 0 Å². The Balaban J connectivity index is 3.64. The van der Waals surface area contributed by atoms with Crippen LogP contribution in [0.25, 0.3) is 0 Å². The van der Waals surface area contributed by atoms with Gasteiger partial charge in [0.15, 0.2) is 0 Å². The highest BCUT2D eigenvalue weighted by Gasteiger charge is 2.17. The normalized spacial score (nSPS) is 12.1. The Labute approximate surface area is 187 Å². The van der Waals surface area contributed by atoms with Gasteiger partial charge in [-0.25, -0.2) is 0 Å². The fraction of sp³-hybridized carbons (Fsp3) is 0.923. The zero-order valence-corrected chi connectivity index (χ0v) is 20.3. The van der Waals surface area contributed by atoms with E-state index in [4.69, 9.17) is 5.73 Å². The Morgan fingerprint density at radius 1 is 0.600 bits per heavy atom. The topological polar surface area (TPSA) is 72.2 Å². The van der Waals surface area contributed by atoms with Crippen molar-refractivity contribution in [1.82, 2.24) is 5.32 Å². The van der Waals surface area contributed by atoms with Crippen molar-refractivity contribution in [3.05, 3.63) is 0 Å². The maximum absolute atomic E-state index is 12.1. The maximum Gasteiger partial charge on any atom is 0.239 e. The average molecular weight is 425 g/mol. The molecule has 0 fully saturated rings. The molecular weight excluding hydrogens is 372 g/mol. The molecule has 0 aromatic carbocycles. The van der Waals surface area contributed by atoms with Crippen molar-refractivity contribution >= 4 is 11.8 Å². The number of carbonyl (C=O) groups excluding carboxylic acids is 2. The van der Waals surface area contributed by atoms with Gasteiger partial charge in [0.1, 0.15) is 6.04 Å². The van der Waals surface area contributed by atoms with E-state index in [2.05, 4.69) is 19.2 Å². The van der Waals surface area contributed by atoms with Crippen LogP contribution in [0.3, 0.4) is 0 Å². The minimum absolute atomic E-state index is 0.0196. The summed E-state index contributed by atoms with van der Waals surface area (Å²) < 4.78 is 0. The van der Waals surface area contributed by atoms with Crippen molar-refractivity contribution < 1.29 is 9.59 Å². The molecule has 30 heavy (non-hydrogen) atoms. The van der Waals surface area contributed by atoms with Gasteiger partial charge in [0.05, 0.1) is 0 Å². The monoisotopic (exact) mass is 424 g/mol. The van der Waals surface area contributed by atoms with Crippen LogP contribution in [0.15, 0.2) is 0 Å². The quantitative estimate of drug-likeness (QED) is 0.170. The van der Waals surface area contributed by atoms with Crippen LogP contribution in [0.4, 0.5) is 0 Å². The fourth-order valence-electron chi connectivity index (χ4n) is 3.98. The minimum atomic E-state index is -0.495. The number of hydrogen-bond acceptors (Lipinski definition) is 2. The molecule has 0 aliphatic rings. The first kappa shape index (κ1) is 28.9. The van der Waals surface area contributed by atoms with Crippen LogP contribution in [0.2, 0.25) is 0 Å². The van der Waals surface area contributed by atoms with Gasteiger partial charge < -0.3 is 11.1 Å². The van der Waals surface area contributed by atoms with E-state index in [1.807, 2.05) is 0 Å². The second-order valence-corrected chi connectivity index (χ2v) is 9.07. The highest BCUT2D eigenvalue weighted by Crippen LogP contribution is 2.13. The van der Waals surface area contributed by atoms with Crippen molar-refractivity contribution in [2.24, 2.45) is 5.73 Å². The molecular formula is C26H52N2O2. The van der Waals surface area contributed by atoms with E-state index in [0.717, 1.165) is 25.7 Å². The van der Waals surface area contributed by atoms with Crippen molar-refractivity contribution in [1.29, 1.82) is 0 Å². The molecule has 0 aliphatic carbocycles. The first-order valence-electron chi connectivity index (χ1n) is 13.2. The zero-order valence-electron chi connectivity index (χ0n) is 20.3. The summed E-state index contributed by atoms with van der Waals surface area (Å²) in [6.45, 7) is 4.49. The van der Waals surface area contributed by atoms with Crippen LogP contribution < -0.4 is 11.1 Å². The lowest BCUT2D eigenvalue weighted by Crippen LogP contribution is -2.44. The van der Waals surface area contributed by atoms with E-state index in [0.29, 0.717) is 12.8 Å². The number of unbranched alkanes of at least 4 members (excludes halogenated alkanes) is 17. The third-order valence-electron chi connectivity index (χ3n) is 6.03. The summed E-state index contributed by atoms with van der Waals surface area (Å²) >= 11 is 0. The number of amides is 2. The van der Waals surface area contributed by atoms with Gasteiger partial charge in [-0.3, -0.25) is 9.59 Å². The molecule has 1 atom stereocenters. The Morgan fingerprint density at radius 2 is 0.967 bits per heavy atom. The van der Waals surface area contributed by atoms with Gasteiger partial charge >= 0.3 is 0 Å². The van der Waals surface area contributed by atoms with Crippen molar-refractivity contribution in [2.45, 2.75) is 155 Å². The molecule has 0 aromatic heterocycles. The molecule has 0 heterocycles. The van der Waals surface area contributed by atoms with Gasteiger partial charge in [-0.05, 0) is 12.8 Å². The van der Waals surface area contributed by atoms with E-state index < -0.39 is 11.9 Å². The molecule has 0 aromatic rings. The Kier molecular flexibility index (Phi) is 21.8. The van der Waals surface area contributed by atoms with Gasteiger partial charge in [-0.15, -0.1) is 0 Å². The molecule has 178 valence electrons. The first-order chi connectivity index (χ1) is 14.6. The second-order valence-electron chi connectivity index (χ2n) is 9.07. The molecule has 2 amide bonds. The second kappa shape index (κ2) is 22.6. The van der Waals surface area contributed by atoms with Gasteiger partial charge in [0.2, 0.25) is 11.8 Å². The molecule has 3 N–H and O–H groups in total. The molecule has 0 rings (SSSR count). The van der Waals surface area contributed by atoms with Gasteiger partial charge in [0, 0.05) is 6.42 Å². The van der Waals surface area contributed by atoms with Gasteiger partial charge in [-0.1, -0.05) is 129 Å². The molecule has 4 heteroatoms. The lowest BCUT2D eigenvalue weighted by Gasteiger charge is -2.15. The van der Waals surface area contributed by atoms with E-state index in [9.17, 15) is 9.59 Å². The van der Waals surface area contributed by atoms with Crippen LogP contribution in [-0.2, 0) is 9.59 Å². The number of primary amides is 1. The predicted octanol–water partition coefficient (Wildman–Crippen LogP) is 7.19. The van der Waals surface area contributed by atoms with Crippen LogP contribution >= 0.6 is 0 Å². The molecule has 0 radical (unpaired) electrons. The molecule has 0 saturated carbocycles. The maximum atomic E-state index is 12.1. The summed E-state index contributed by atoms with van der Waals surface area (Å²) in [6.07, 6.45) is 24.9. The fourth-order valence-corrected chi connectivity index (χ4v) is 3.98. The van der Waals surface area contributed by atoms with E-state index in [1.165, 1.54) is 96.3 Å². The number of rotatable bonds is 23. The van der Waals surface area contributed by atoms with Crippen molar-refractivity contribution in [2.75, 3.05) is 0 Å². The van der Waals surface area contributed by atoms with Gasteiger partial charge in [0.25, 0.3) is 0 Å². The third-order valence-corrected chi connectivity index (χ3v) is 6.03. The van der Waals surface area contributed by atoms with E-state index in [-0.39, 0.29) is 5.91 Å². The molecule has 1 unspecified atom stereocenters. The molecule has 0 aliphatic heterocycles. The van der Waals surface area contributed by atoms with Crippen LogP contribution in [0.5, 0.6) is 0 Å². The lowest BCUT2D eigenvalue weighted by molar-refractivity contribution is -0.127. The Hall–Kier alpha value is -1.06. The summed E-state index contributed by atoms with van der Waals surface area (Å²) in [7, 11) is 0. The smallest absolute Gasteiger partial charge is 0.239 e. The number of nitrogens with one attached hydrogen (secondary N) is 1. The average Bonchev–Trinajstić information content (AvgIpc) is 2.72. The van der Waals surface area contributed by atoms with Crippen LogP contribution in [0.1, 0.15) is 149 Å². The molecule has 0 spiro atoms. The standard InChI is InChI=1S/C26H52N2O2/c1-3-5-7-9-11-13-15-16-18-20-22-24(26(27)30)28-25(29)23-21-19-17-14-12-10-8-6-4-2/h24H,3-23H2,1-2H3,(H2,27,30)(H,28,29).